The fraction of sp³-hybridized carbons (Fsp3) is 0.167. The van der Waals surface area contributed by atoms with Crippen molar-refractivity contribution in [3.8, 4) is 0 Å². The number of rotatable bonds is 5. The van der Waals surface area contributed by atoms with E-state index in [-0.39, 0.29) is 5.56 Å². The van der Waals surface area contributed by atoms with Gasteiger partial charge >= 0.3 is 0 Å². The van der Waals surface area contributed by atoms with Crippen LogP contribution in [0, 0.1) is 0 Å². The largest absolute Gasteiger partial charge is 0.548 e. The molecule has 2 rings (SSSR count). The molecule has 0 spiro atoms. The number of hydrogen-bond acceptors (Lipinski definition) is 8. The molecule has 0 unspecified atom stereocenters. The quantitative estimate of drug-likeness (QED) is 0.676. The predicted molar refractivity (Wildman–Crippen MR) is 67.9 cm³/mol. The van der Waals surface area contributed by atoms with E-state index in [0.29, 0.717) is 22.3 Å². The van der Waals surface area contributed by atoms with Gasteiger partial charge in [0.2, 0.25) is 0 Å². The molecule has 0 bridgehead atoms. The van der Waals surface area contributed by atoms with Crippen LogP contribution < -0.4 is 15.5 Å². The Balaban J connectivity index is 2.12. The molecule has 0 aromatic heterocycles. The number of hydrogen-bond donors (Lipinski definition) is 1. The monoisotopic (exact) mass is 308 g/mol. The highest BCUT2D eigenvalue weighted by molar-refractivity contribution is 8.15. The molecule has 1 aliphatic heterocycles. The van der Waals surface area contributed by atoms with E-state index in [2.05, 4.69) is 5.32 Å². The van der Waals surface area contributed by atoms with Gasteiger partial charge in [-0.2, -0.15) is 0 Å². The maximum Gasteiger partial charge on any atom is 0.291 e. The lowest BCUT2D eigenvalue weighted by Gasteiger charge is -2.15. The van der Waals surface area contributed by atoms with Gasteiger partial charge < -0.3 is 25.1 Å². The van der Waals surface area contributed by atoms with Crippen LogP contribution in [0.3, 0.4) is 0 Å². The summed E-state index contributed by atoms with van der Waals surface area (Å²) >= 11 is 0.605. The molecule has 1 aromatic carbocycles. The fourth-order valence-electron chi connectivity index (χ4n) is 1.70. The number of carboxylic acid groups (broad SMARTS) is 2. The van der Waals surface area contributed by atoms with E-state index >= 15 is 0 Å². The van der Waals surface area contributed by atoms with E-state index in [4.69, 9.17) is 0 Å². The number of carboxylic acids is 2. The van der Waals surface area contributed by atoms with E-state index in [9.17, 15) is 29.4 Å². The number of nitrogens with one attached hydrogen (secondary N) is 1. The highest BCUT2D eigenvalue weighted by Crippen LogP contribution is 2.28. The van der Waals surface area contributed by atoms with Gasteiger partial charge in [0.1, 0.15) is 0 Å². The molecule has 9 heteroatoms. The van der Waals surface area contributed by atoms with Crippen LogP contribution in [0.1, 0.15) is 10.4 Å². The fourth-order valence-corrected chi connectivity index (χ4v) is 2.60. The third-order valence-electron chi connectivity index (χ3n) is 2.61. The van der Waals surface area contributed by atoms with E-state index in [1.807, 2.05) is 0 Å². The maximum absolute atomic E-state index is 11.9. The third kappa shape index (κ3) is 3.31. The molecule has 1 N–H and O–H groups in total. The predicted octanol–water partition coefficient (Wildman–Crippen LogP) is -1.77. The summed E-state index contributed by atoms with van der Waals surface area (Å²) in [7, 11) is 0. The van der Waals surface area contributed by atoms with E-state index in [1.165, 1.54) is 24.3 Å². The number of imide groups is 1. The average molecular weight is 308 g/mol. The van der Waals surface area contributed by atoms with Gasteiger partial charge in [0.25, 0.3) is 11.1 Å². The van der Waals surface area contributed by atoms with Crippen molar-refractivity contribution in [1.82, 2.24) is 4.90 Å². The molecule has 1 aliphatic rings. The zero-order valence-corrected chi connectivity index (χ0v) is 11.2. The molecule has 110 valence electrons. The van der Waals surface area contributed by atoms with Crippen molar-refractivity contribution in [2.24, 2.45) is 0 Å². The van der Waals surface area contributed by atoms with Gasteiger partial charge in [0, 0.05) is 5.69 Å². The molecular weight excluding hydrogens is 300 g/mol. The minimum absolute atomic E-state index is 0.0895. The average Bonchev–Trinajstić information content (AvgIpc) is 2.66. The number of carbonyl (C=O) groups excluding carboxylic acids is 4. The van der Waals surface area contributed by atoms with Gasteiger partial charge in [-0.05, 0) is 29.5 Å². The SMILES string of the molecule is O=C([O-])CN1C(=O)S[C@H](Nc2cccc(C(=O)[O-])c2)C1=O. The summed E-state index contributed by atoms with van der Waals surface area (Å²) in [6.45, 7) is -0.818. The van der Waals surface area contributed by atoms with Gasteiger partial charge in [-0.15, -0.1) is 0 Å². The number of carbonyl (C=O) groups is 4. The first-order valence-corrected chi connectivity index (χ1v) is 6.56. The molecule has 1 atom stereocenters. The smallest absolute Gasteiger partial charge is 0.291 e. The number of amides is 2. The summed E-state index contributed by atoms with van der Waals surface area (Å²) in [5.41, 5.74) is 0.207. The molecule has 21 heavy (non-hydrogen) atoms. The Labute approximate surface area is 122 Å². The zero-order valence-electron chi connectivity index (χ0n) is 10.4. The van der Waals surface area contributed by atoms with Gasteiger partial charge in [-0.3, -0.25) is 14.5 Å². The van der Waals surface area contributed by atoms with Gasteiger partial charge in [0.05, 0.1) is 18.5 Å². The Kier molecular flexibility index (Phi) is 4.13. The van der Waals surface area contributed by atoms with Crippen LogP contribution in [0.5, 0.6) is 0 Å². The first kappa shape index (κ1) is 14.9. The Morgan fingerprint density at radius 2 is 2.00 bits per heavy atom. The number of aliphatic carboxylic acids is 1. The van der Waals surface area contributed by atoms with Crippen LogP contribution in [-0.4, -0.2) is 39.9 Å². The van der Waals surface area contributed by atoms with E-state index in [1.54, 1.807) is 0 Å². The van der Waals surface area contributed by atoms with Crippen LogP contribution in [0.4, 0.5) is 10.5 Å². The topological polar surface area (TPSA) is 130 Å². The lowest BCUT2D eigenvalue weighted by molar-refractivity contribution is -0.305. The zero-order chi connectivity index (χ0) is 15.6. The second-order valence-electron chi connectivity index (χ2n) is 4.07. The second kappa shape index (κ2) is 5.83. The summed E-state index contributed by atoms with van der Waals surface area (Å²) in [6.07, 6.45) is 0. The molecular formula is C12H8N2O6S-2. The Morgan fingerprint density at radius 3 is 2.62 bits per heavy atom. The lowest BCUT2D eigenvalue weighted by atomic mass is 10.2. The van der Waals surface area contributed by atoms with Crippen molar-refractivity contribution < 1.29 is 29.4 Å². The first-order valence-electron chi connectivity index (χ1n) is 5.68. The van der Waals surface area contributed by atoms with E-state index < -0.39 is 35.0 Å². The summed E-state index contributed by atoms with van der Waals surface area (Å²) in [5, 5.41) is 22.1. The minimum Gasteiger partial charge on any atom is -0.548 e. The highest BCUT2D eigenvalue weighted by atomic mass is 32.2. The summed E-state index contributed by atoms with van der Waals surface area (Å²) < 4.78 is 0. The normalized spacial score (nSPS) is 17.9. The molecule has 0 aliphatic carbocycles. The molecule has 1 saturated heterocycles. The third-order valence-corrected chi connectivity index (χ3v) is 3.59. The number of benzene rings is 1. The maximum atomic E-state index is 11.9. The highest BCUT2D eigenvalue weighted by Gasteiger charge is 2.39. The van der Waals surface area contributed by atoms with Crippen LogP contribution in [-0.2, 0) is 9.59 Å². The van der Waals surface area contributed by atoms with Crippen molar-refractivity contribution >= 4 is 40.5 Å². The molecule has 2 amide bonds. The van der Waals surface area contributed by atoms with Crippen LogP contribution in [0.15, 0.2) is 24.3 Å². The summed E-state index contributed by atoms with van der Waals surface area (Å²) in [5.74, 6) is -3.65. The summed E-state index contributed by atoms with van der Waals surface area (Å²) in [4.78, 5) is 45.2. The molecule has 8 nitrogen and oxygen atoms in total. The van der Waals surface area contributed by atoms with Crippen LogP contribution in [0.25, 0.3) is 0 Å². The van der Waals surface area contributed by atoms with Crippen molar-refractivity contribution in [2.45, 2.75) is 5.37 Å². The Hall–Kier alpha value is -2.55. The second-order valence-corrected chi connectivity index (χ2v) is 5.13. The van der Waals surface area contributed by atoms with Gasteiger partial charge in [0.15, 0.2) is 5.37 Å². The number of nitrogens with zero attached hydrogens (tertiary/aromatic N) is 1. The Morgan fingerprint density at radius 1 is 1.29 bits per heavy atom. The Bertz CT molecular complexity index is 632. The van der Waals surface area contributed by atoms with Crippen molar-refractivity contribution in [1.29, 1.82) is 0 Å². The van der Waals surface area contributed by atoms with E-state index in [0.717, 1.165) is 0 Å². The van der Waals surface area contributed by atoms with Crippen LogP contribution in [0.2, 0.25) is 0 Å². The standard InChI is InChI=1S/C12H10N2O6S/c15-8(16)5-14-10(17)9(21-12(14)20)13-7-3-1-2-6(4-7)11(18)19/h1-4,9,13H,5H2,(H,15,16)(H,18,19)/p-2/t9-/m0/s1. The minimum atomic E-state index is -1.54. The number of anilines is 1. The molecule has 0 radical (unpaired) electrons. The van der Waals surface area contributed by atoms with Gasteiger partial charge in [-0.25, -0.2) is 0 Å². The molecule has 1 fully saturated rings. The molecule has 1 heterocycles. The number of thioether (sulfide) groups is 1. The van der Waals surface area contributed by atoms with Crippen molar-refractivity contribution in [3.05, 3.63) is 29.8 Å². The first-order chi connectivity index (χ1) is 9.88. The van der Waals surface area contributed by atoms with Crippen LogP contribution >= 0.6 is 11.8 Å². The summed E-state index contributed by atoms with van der Waals surface area (Å²) in [6, 6.07) is 5.51. The number of aromatic carboxylic acids is 1. The molecule has 0 saturated carbocycles. The molecule has 1 aromatic rings. The van der Waals surface area contributed by atoms with Gasteiger partial charge in [-0.1, -0.05) is 12.1 Å². The lowest BCUT2D eigenvalue weighted by Crippen LogP contribution is -2.42. The van der Waals surface area contributed by atoms with Crippen molar-refractivity contribution in [2.75, 3.05) is 11.9 Å². The van der Waals surface area contributed by atoms with Crippen molar-refractivity contribution in [3.63, 3.8) is 0 Å².